The lowest BCUT2D eigenvalue weighted by molar-refractivity contribution is 0.210. The zero-order valence-electron chi connectivity index (χ0n) is 14.6. The number of aryl methyl sites for hydroxylation is 1. The summed E-state index contributed by atoms with van der Waals surface area (Å²) in [4.78, 5) is 14.5. The molecule has 1 fully saturated rings. The Balaban J connectivity index is 1.41. The average Bonchev–Trinajstić information content (AvgIpc) is 3.13. The summed E-state index contributed by atoms with van der Waals surface area (Å²) in [7, 11) is 0. The maximum atomic E-state index is 11.5. The molecule has 1 aromatic carbocycles. The minimum Gasteiger partial charge on any atom is -0.490 e. The lowest BCUT2D eigenvalue weighted by Crippen LogP contribution is -2.27. The molecule has 1 heterocycles. The van der Waals surface area contributed by atoms with Crippen LogP contribution in [0, 0.1) is 0 Å². The van der Waals surface area contributed by atoms with Gasteiger partial charge in [0.05, 0.1) is 6.10 Å². The van der Waals surface area contributed by atoms with Crippen molar-refractivity contribution in [3.63, 3.8) is 0 Å². The second-order valence-corrected chi connectivity index (χ2v) is 7.25. The second kappa shape index (κ2) is 7.44. The molecule has 132 valence electrons. The van der Waals surface area contributed by atoms with Crippen LogP contribution < -0.4 is 15.6 Å². The van der Waals surface area contributed by atoms with E-state index in [0.717, 1.165) is 37.3 Å². The SMILES string of the molecule is O=c1ccc2c([nH]1)CCCC2NCc1cccc(OC2CCCC2)c1. The molecule has 4 nitrogen and oxygen atoms in total. The molecule has 1 atom stereocenters. The molecule has 0 bridgehead atoms. The van der Waals surface area contributed by atoms with E-state index in [9.17, 15) is 4.79 Å². The lowest BCUT2D eigenvalue weighted by Gasteiger charge is -2.26. The summed E-state index contributed by atoms with van der Waals surface area (Å²) in [5, 5.41) is 3.66. The highest BCUT2D eigenvalue weighted by atomic mass is 16.5. The van der Waals surface area contributed by atoms with Gasteiger partial charge >= 0.3 is 0 Å². The van der Waals surface area contributed by atoms with Crippen LogP contribution in [0.15, 0.2) is 41.2 Å². The van der Waals surface area contributed by atoms with E-state index in [-0.39, 0.29) is 5.56 Å². The Labute approximate surface area is 148 Å². The minimum absolute atomic E-state index is 0.00355. The van der Waals surface area contributed by atoms with Crippen LogP contribution in [0.5, 0.6) is 5.75 Å². The fourth-order valence-electron chi connectivity index (χ4n) is 4.08. The molecule has 1 aromatic heterocycles. The predicted octanol–water partition coefficient (Wildman–Crippen LogP) is 3.86. The van der Waals surface area contributed by atoms with Crippen LogP contribution in [-0.2, 0) is 13.0 Å². The first-order valence-corrected chi connectivity index (χ1v) is 9.49. The van der Waals surface area contributed by atoms with Gasteiger partial charge in [-0.25, -0.2) is 0 Å². The molecule has 0 amide bonds. The van der Waals surface area contributed by atoms with Crippen molar-refractivity contribution in [3.05, 3.63) is 63.6 Å². The van der Waals surface area contributed by atoms with Crippen LogP contribution in [0.3, 0.4) is 0 Å². The summed E-state index contributed by atoms with van der Waals surface area (Å²) >= 11 is 0. The Hall–Kier alpha value is -2.07. The molecule has 2 aromatic rings. The highest BCUT2D eigenvalue weighted by molar-refractivity contribution is 5.30. The molecular formula is C21H26N2O2. The van der Waals surface area contributed by atoms with Crippen molar-refractivity contribution in [2.45, 2.75) is 63.6 Å². The Morgan fingerprint density at radius 3 is 2.84 bits per heavy atom. The Morgan fingerprint density at radius 1 is 1.08 bits per heavy atom. The van der Waals surface area contributed by atoms with Crippen LogP contribution in [0.4, 0.5) is 0 Å². The predicted molar refractivity (Wildman–Crippen MR) is 98.9 cm³/mol. The van der Waals surface area contributed by atoms with Gasteiger partial charge in [-0.1, -0.05) is 18.2 Å². The zero-order valence-corrected chi connectivity index (χ0v) is 14.6. The number of ether oxygens (including phenoxy) is 1. The number of rotatable bonds is 5. The summed E-state index contributed by atoms with van der Waals surface area (Å²) in [6.07, 6.45) is 8.51. The van der Waals surface area contributed by atoms with Crippen LogP contribution in [0.1, 0.15) is 61.4 Å². The number of aromatic nitrogens is 1. The number of nitrogens with one attached hydrogen (secondary N) is 2. The smallest absolute Gasteiger partial charge is 0.248 e. The number of hydrogen-bond donors (Lipinski definition) is 2. The molecule has 1 saturated carbocycles. The van der Waals surface area contributed by atoms with Crippen LogP contribution in [0.2, 0.25) is 0 Å². The molecule has 2 N–H and O–H groups in total. The molecule has 2 aliphatic rings. The van der Waals surface area contributed by atoms with E-state index in [4.69, 9.17) is 4.74 Å². The largest absolute Gasteiger partial charge is 0.490 e. The molecule has 4 heteroatoms. The molecule has 4 rings (SSSR count). The van der Waals surface area contributed by atoms with Gasteiger partial charge in [0.15, 0.2) is 0 Å². The summed E-state index contributed by atoms with van der Waals surface area (Å²) in [5.74, 6) is 0.986. The molecule has 25 heavy (non-hydrogen) atoms. The van der Waals surface area contributed by atoms with E-state index in [1.165, 1.54) is 36.8 Å². The topological polar surface area (TPSA) is 54.1 Å². The second-order valence-electron chi connectivity index (χ2n) is 7.25. The zero-order chi connectivity index (χ0) is 17.1. The van der Waals surface area contributed by atoms with Crippen molar-refractivity contribution in [2.75, 3.05) is 0 Å². The number of fused-ring (bicyclic) bond motifs is 1. The third kappa shape index (κ3) is 3.96. The molecular weight excluding hydrogens is 312 g/mol. The lowest BCUT2D eigenvalue weighted by atomic mass is 9.91. The van der Waals surface area contributed by atoms with Crippen molar-refractivity contribution >= 4 is 0 Å². The van der Waals surface area contributed by atoms with Gasteiger partial charge in [0, 0.05) is 24.3 Å². The van der Waals surface area contributed by atoms with Crippen molar-refractivity contribution in [3.8, 4) is 5.75 Å². The van der Waals surface area contributed by atoms with Crippen molar-refractivity contribution in [1.29, 1.82) is 0 Å². The van der Waals surface area contributed by atoms with Gasteiger partial charge in [0.25, 0.3) is 0 Å². The number of benzene rings is 1. The molecule has 0 saturated heterocycles. The van der Waals surface area contributed by atoms with Gasteiger partial charge in [-0.05, 0) is 68.2 Å². The van der Waals surface area contributed by atoms with Crippen LogP contribution >= 0.6 is 0 Å². The van der Waals surface area contributed by atoms with Crippen molar-refractivity contribution in [2.24, 2.45) is 0 Å². The molecule has 2 aliphatic carbocycles. The fraction of sp³-hybridized carbons (Fsp3) is 0.476. The van der Waals surface area contributed by atoms with Gasteiger partial charge in [-0.3, -0.25) is 4.79 Å². The van der Waals surface area contributed by atoms with Gasteiger partial charge in [-0.15, -0.1) is 0 Å². The van der Waals surface area contributed by atoms with E-state index < -0.39 is 0 Å². The van der Waals surface area contributed by atoms with Crippen molar-refractivity contribution in [1.82, 2.24) is 10.3 Å². The Kier molecular flexibility index (Phi) is 4.88. The maximum absolute atomic E-state index is 11.5. The third-order valence-corrected chi connectivity index (χ3v) is 5.39. The fourth-order valence-corrected chi connectivity index (χ4v) is 4.08. The van der Waals surface area contributed by atoms with Crippen molar-refractivity contribution < 1.29 is 4.74 Å². The molecule has 0 spiro atoms. The van der Waals surface area contributed by atoms with Crippen LogP contribution in [0.25, 0.3) is 0 Å². The summed E-state index contributed by atoms with van der Waals surface area (Å²) in [5.41, 5.74) is 3.57. The Morgan fingerprint density at radius 2 is 1.96 bits per heavy atom. The molecule has 0 radical (unpaired) electrons. The normalized spacial score (nSPS) is 20.4. The first-order valence-electron chi connectivity index (χ1n) is 9.49. The van der Waals surface area contributed by atoms with E-state index >= 15 is 0 Å². The van der Waals surface area contributed by atoms with E-state index in [1.54, 1.807) is 6.07 Å². The van der Waals surface area contributed by atoms with E-state index in [0.29, 0.717) is 12.1 Å². The molecule has 1 unspecified atom stereocenters. The summed E-state index contributed by atoms with van der Waals surface area (Å²) in [6, 6.07) is 12.3. The number of H-pyrrole nitrogens is 1. The minimum atomic E-state index is -0.00355. The highest BCUT2D eigenvalue weighted by Gasteiger charge is 2.20. The Bertz CT molecular complexity index is 777. The summed E-state index contributed by atoms with van der Waals surface area (Å²) in [6.45, 7) is 0.811. The number of pyridine rings is 1. The summed E-state index contributed by atoms with van der Waals surface area (Å²) < 4.78 is 6.11. The van der Waals surface area contributed by atoms with Gasteiger partial charge in [-0.2, -0.15) is 0 Å². The quantitative estimate of drug-likeness (QED) is 0.870. The molecule has 0 aliphatic heterocycles. The van der Waals surface area contributed by atoms with Crippen LogP contribution in [-0.4, -0.2) is 11.1 Å². The van der Waals surface area contributed by atoms with E-state index in [2.05, 4.69) is 34.6 Å². The highest BCUT2D eigenvalue weighted by Crippen LogP contribution is 2.28. The average molecular weight is 338 g/mol. The van der Waals surface area contributed by atoms with E-state index in [1.807, 2.05) is 6.07 Å². The maximum Gasteiger partial charge on any atom is 0.248 e. The van der Waals surface area contributed by atoms with Gasteiger partial charge < -0.3 is 15.0 Å². The van der Waals surface area contributed by atoms with Gasteiger partial charge in [0.2, 0.25) is 5.56 Å². The van der Waals surface area contributed by atoms with Gasteiger partial charge in [0.1, 0.15) is 5.75 Å². The monoisotopic (exact) mass is 338 g/mol. The number of aromatic amines is 1. The number of hydrogen-bond acceptors (Lipinski definition) is 3. The standard InChI is InChI=1S/C21H26N2O2/c24-21-12-11-18-19(9-4-10-20(18)23-21)22-14-15-5-3-8-17(13-15)25-16-6-1-2-7-16/h3,5,8,11-13,16,19,22H,1-2,4,6-7,9-10,14H2,(H,23,24). The first-order chi connectivity index (χ1) is 12.3. The third-order valence-electron chi connectivity index (χ3n) is 5.39. The first kappa shape index (κ1) is 16.4.